The molecule has 1 aromatic heterocycles. The average molecular weight is 199 g/mol. The third-order valence-electron chi connectivity index (χ3n) is 2.11. The Morgan fingerprint density at radius 2 is 2.29 bits per heavy atom. The highest BCUT2D eigenvalue weighted by atomic mass is 19.1. The molecule has 5 N–H and O–H groups in total. The molecule has 0 unspecified atom stereocenters. The van der Waals surface area contributed by atoms with Crippen LogP contribution in [0.2, 0.25) is 0 Å². The van der Waals surface area contributed by atoms with Crippen LogP contribution >= 0.6 is 0 Å². The van der Waals surface area contributed by atoms with Gasteiger partial charge >= 0.3 is 0 Å². The normalized spacial score (nSPS) is 15.1. The third-order valence-corrected chi connectivity index (χ3v) is 2.11. The summed E-state index contributed by atoms with van der Waals surface area (Å²) in [5.41, 5.74) is 11.3. The summed E-state index contributed by atoms with van der Waals surface area (Å²) in [5.74, 6) is -0.731. The van der Waals surface area contributed by atoms with Gasteiger partial charge in [-0.25, -0.2) is 4.98 Å². The largest absolute Gasteiger partial charge is 0.395 e. The Morgan fingerprint density at radius 3 is 2.79 bits per heavy atom. The first-order valence-corrected chi connectivity index (χ1v) is 4.40. The van der Waals surface area contributed by atoms with E-state index in [1.54, 1.807) is 0 Å². The molecule has 4 nitrogen and oxygen atoms in total. The zero-order valence-corrected chi connectivity index (χ0v) is 7.94. The number of nitrogens with zero attached hydrogens (tertiary/aromatic N) is 1. The number of aliphatic hydroxyl groups excluding tert-OH is 1. The fourth-order valence-electron chi connectivity index (χ4n) is 1.11. The molecule has 0 aliphatic heterocycles. The first-order chi connectivity index (χ1) is 6.56. The number of pyridine rings is 1. The predicted octanol–water partition coefficient (Wildman–Crippen LogP) is 0.574. The van der Waals surface area contributed by atoms with Crippen molar-refractivity contribution in [2.24, 2.45) is 5.73 Å². The molecule has 0 saturated heterocycles. The minimum absolute atomic E-state index is 0.0788. The highest BCUT2D eigenvalue weighted by Gasteiger charge is 2.16. The van der Waals surface area contributed by atoms with Crippen LogP contribution in [-0.4, -0.2) is 16.1 Å². The molecule has 5 heteroatoms. The first kappa shape index (κ1) is 10.9. The lowest BCUT2D eigenvalue weighted by atomic mass is 10.0. The molecule has 0 bridgehead atoms. The van der Waals surface area contributed by atoms with Crippen molar-refractivity contribution in [3.8, 4) is 0 Å². The second kappa shape index (κ2) is 4.34. The molecule has 0 amide bonds. The number of hydrogen-bond acceptors (Lipinski definition) is 4. The minimum Gasteiger partial charge on any atom is -0.395 e. The minimum atomic E-state index is -0.851. The topological polar surface area (TPSA) is 85.2 Å². The van der Waals surface area contributed by atoms with Gasteiger partial charge in [-0.2, -0.15) is 4.39 Å². The Labute approximate surface area is 81.8 Å². The number of halogens is 1. The average Bonchev–Trinajstić information content (AvgIpc) is 2.20. The fourth-order valence-corrected chi connectivity index (χ4v) is 1.11. The summed E-state index contributed by atoms with van der Waals surface area (Å²) in [6.07, 6.45) is 1.01. The number of nitrogens with two attached hydrogens (primary N) is 2. The number of hydrogen-bond donors (Lipinski definition) is 3. The van der Waals surface area contributed by atoms with Gasteiger partial charge in [0.2, 0.25) is 5.95 Å². The second-order valence-corrected chi connectivity index (χ2v) is 3.17. The third kappa shape index (κ3) is 2.18. The van der Waals surface area contributed by atoms with Crippen LogP contribution in [0.4, 0.5) is 10.1 Å². The summed E-state index contributed by atoms with van der Waals surface area (Å²) < 4.78 is 12.7. The molecular weight excluding hydrogens is 185 g/mol. The lowest BCUT2D eigenvalue weighted by molar-refractivity contribution is 0.144. The summed E-state index contributed by atoms with van der Waals surface area (Å²) >= 11 is 0. The quantitative estimate of drug-likeness (QED) is 0.621. The number of rotatable bonds is 3. The maximum absolute atomic E-state index is 12.7. The molecule has 0 fully saturated rings. The molecule has 0 radical (unpaired) electrons. The molecule has 0 spiro atoms. The van der Waals surface area contributed by atoms with E-state index in [1.165, 1.54) is 12.3 Å². The molecule has 0 saturated carbocycles. The van der Waals surface area contributed by atoms with Crippen molar-refractivity contribution in [3.63, 3.8) is 0 Å². The van der Waals surface area contributed by atoms with E-state index < -0.39 is 12.1 Å². The Morgan fingerprint density at radius 1 is 1.64 bits per heavy atom. The van der Waals surface area contributed by atoms with Crippen LogP contribution in [0.3, 0.4) is 0 Å². The van der Waals surface area contributed by atoms with E-state index in [1.807, 2.05) is 6.92 Å². The van der Waals surface area contributed by atoms with Gasteiger partial charge in [-0.1, -0.05) is 6.92 Å². The Bertz CT molecular complexity index is 319. The Balaban J connectivity index is 2.91. The van der Waals surface area contributed by atoms with Gasteiger partial charge in [0.05, 0.1) is 11.8 Å². The highest BCUT2D eigenvalue weighted by molar-refractivity contribution is 5.39. The van der Waals surface area contributed by atoms with Crippen LogP contribution in [0.15, 0.2) is 12.3 Å². The second-order valence-electron chi connectivity index (χ2n) is 3.17. The summed E-state index contributed by atoms with van der Waals surface area (Å²) in [6, 6.07) is 0.962. The van der Waals surface area contributed by atoms with Gasteiger partial charge in [-0.15, -0.1) is 0 Å². The lowest BCUT2D eigenvalue weighted by Gasteiger charge is -2.17. The highest BCUT2D eigenvalue weighted by Crippen LogP contribution is 2.19. The molecule has 1 heterocycles. The van der Waals surface area contributed by atoms with E-state index in [9.17, 15) is 9.50 Å². The van der Waals surface area contributed by atoms with Gasteiger partial charge in [-0.05, 0) is 12.5 Å². The summed E-state index contributed by atoms with van der Waals surface area (Å²) in [7, 11) is 0. The zero-order chi connectivity index (χ0) is 10.7. The van der Waals surface area contributed by atoms with E-state index in [0.717, 1.165) is 0 Å². The smallest absolute Gasteiger partial charge is 0.236 e. The van der Waals surface area contributed by atoms with Crippen LogP contribution in [0.1, 0.15) is 25.0 Å². The van der Waals surface area contributed by atoms with E-state index >= 15 is 0 Å². The molecule has 2 atom stereocenters. The molecule has 1 rings (SSSR count). The van der Waals surface area contributed by atoms with Gasteiger partial charge in [-0.3, -0.25) is 0 Å². The molecule has 0 aliphatic carbocycles. The number of anilines is 1. The van der Waals surface area contributed by atoms with Crippen LogP contribution in [-0.2, 0) is 0 Å². The zero-order valence-electron chi connectivity index (χ0n) is 7.94. The van der Waals surface area contributed by atoms with Crippen molar-refractivity contribution in [1.82, 2.24) is 4.98 Å². The van der Waals surface area contributed by atoms with Crippen LogP contribution in [0.25, 0.3) is 0 Å². The van der Waals surface area contributed by atoms with Crippen molar-refractivity contribution >= 4 is 5.69 Å². The number of aromatic nitrogens is 1. The summed E-state index contributed by atoms with van der Waals surface area (Å²) in [6.45, 7) is 1.86. The molecular formula is C9H14FN3O. The lowest BCUT2D eigenvalue weighted by Crippen LogP contribution is -2.27. The Kier molecular flexibility index (Phi) is 3.38. The number of nitrogen functional groups attached to an aromatic ring is 1. The maximum atomic E-state index is 12.7. The van der Waals surface area contributed by atoms with E-state index in [2.05, 4.69) is 4.98 Å². The van der Waals surface area contributed by atoms with Crippen LogP contribution < -0.4 is 11.5 Å². The van der Waals surface area contributed by atoms with Crippen molar-refractivity contribution in [3.05, 3.63) is 23.8 Å². The van der Waals surface area contributed by atoms with Crippen molar-refractivity contribution < 1.29 is 9.50 Å². The molecule has 1 aromatic rings. The van der Waals surface area contributed by atoms with Gasteiger partial charge in [0, 0.05) is 17.8 Å². The molecule has 14 heavy (non-hydrogen) atoms. The number of aliphatic hydroxyl groups is 1. The maximum Gasteiger partial charge on any atom is 0.236 e. The summed E-state index contributed by atoms with van der Waals surface area (Å²) in [5, 5.41) is 9.66. The monoisotopic (exact) mass is 199 g/mol. The van der Waals surface area contributed by atoms with Gasteiger partial charge in [0.1, 0.15) is 0 Å². The summed E-state index contributed by atoms with van der Waals surface area (Å²) in [4.78, 5) is 3.41. The van der Waals surface area contributed by atoms with Crippen LogP contribution in [0, 0.1) is 5.95 Å². The van der Waals surface area contributed by atoms with Crippen LogP contribution in [0.5, 0.6) is 0 Å². The molecule has 0 aromatic carbocycles. The van der Waals surface area contributed by atoms with Gasteiger partial charge in [0.25, 0.3) is 0 Å². The van der Waals surface area contributed by atoms with E-state index in [-0.39, 0.29) is 11.7 Å². The standard InChI is InChI=1S/C9H14FN3O/c1-2-6(11)8(14)5-3-7(12)9(10)13-4-5/h3-4,6,8,14H,2,11-12H2,1H3/t6-,8-/m0/s1. The van der Waals surface area contributed by atoms with Gasteiger partial charge in [0.15, 0.2) is 0 Å². The van der Waals surface area contributed by atoms with Crippen molar-refractivity contribution in [2.75, 3.05) is 5.73 Å². The van der Waals surface area contributed by atoms with Gasteiger partial charge < -0.3 is 16.6 Å². The first-order valence-electron chi connectivity index (χ1n) is 4.40. The van der Waals surface area contributed by atoms with Crippen molar-refractivity contribution in [2.45, 2.75) is 25.5 Å². The van der Waals surface area contributed by atoms with E-state index in [0.29, 0.717) is 12.0 Å². The van der Waals surface area contributed by atoms with E-state index in [4.69, 9.17) is 11.5 Å². The molecule has 0 aliphatic rings. The Hall–Kier alpha value is -1.20. The predicted molar refractivity (Wildman–Crippen MR) is 51.8 cm³/mol. The van der Waals surface area contributed by atoms with Crippen molar-refractivity contribution in [1.29, 1.82) is 0 Å². The molecule has 78 valence electrons. The SMILES string of the molecule is CC[C@H](N)[C@@H](O)c1cnc(F)c(N)c1. The fraction of sp³-hybridized carbons (Fsp3) is 0.444.